The molecule has 1 aromatic carbocycles. The van der Waals surface area contributed by atoms with E-state index in [4.69, 9.17) is 16.3 Å². The van der Waals surface area contributed by atoms with E-state index in [2.05, 4.69) is 12.2 Å². The summed E-state index contributed by atoms with van der Waals surface area (Å²) in [6.45, 7) is 6.95. The van der Waals surface area contributed by atoms with Crippen LogP contribution in [0.2, 0.25) is 5.02 Å². The van der Waals surface area contributed by atoms with Gasteiger partial charge in [-0.15, -0.1) is 0 Å². The summed E-state index contributed by atoms with van der Waals surface area (Å²) in [5, 5.41) is 3.88. The quantitative estimate of drug-likeness (QED) is 0.823. The lowest BCUT2D eigenvalue weighted by molar-refractivity contribution is -0.0101. The van der Waals surface area contributed by atoms with Crippen molar-refractivity contribution >= 4 is 11.6 Å². The van der Waals surface area contributed by atoms with Gasteiger partial charge in [0.2, 0.25) is 0 Å². The first-order valence-electron chi connectivity index (χ1n) is 6.63. The van der Waals surface area contributed by atoms with Gasteiger partial charge in [0.1, 0.15) is 5.82 Å². The van der Waals surface area contributed by atoms with Crippen molar-refractivity contribution in [2.45, 2.75) is 45.3 Å². The molecule has 1 N–H and O–H groups in total. The predicted octanol–water partition coefficient (Wildman–Crippen LogP) is 3.81. The van der Waals surface area contributed by atoms with E-state index in [1.165, 1.54) is 6.07 Å². The number of nitrogens with one attached hydrogen (secondary N) is 1. The highest BCUT2D eigenvalue weighted by molar-refractivity contribution is 6.31. The maximum atomic E-state index is 13.9. The molecule has 1 unspecified atom stereocenters. The number of rotatable bonds is 7. The van der Waals surface area contributed by atoms with E-state index in [1.807, 2.05) is 13.8 Å². The lowest BCUT2D eigenvalue weighted by Crippen LogP contribution is -2.49. The van der Waals surface area contributed by atoms with Crippen LogP contribution >= 0.6 is 11.6 Å². The summed E-state index contributed by atoms with van der Waals surface area (Å²) in [6.07, 6.45) is 1.52. The molecule has 0 spiro atoms. The van der Waals surface area contributed by atoms with Crippen molar-refractivity contribution in [2.75, 3.05) is 13.7 Å². The van der Waals surface area contributed by atoms with E-state index in [0.29, 0.717) is 17.0 Å². The van der Waals surface area contributed by atoms with Crippen LogP contribution in [-0.2, 0) is 11.2 Å². The van der Waals surface area contributed by atoms with E-state index in [1.54, 1.807) is 19.2 Å². The summed E-state index contributed by atoms with van der Waals surface area (Å²) in [7, 11) is 1.67. The van der Waals surface area contributed by atoms with Crippen LogP contribution in [0, 0.1) is 5.82 Å². The van der Waals surface area contributed by atoms with Gasteiger partial charge in [-0.25, -0.2) is 4.39 Å². The van der Waals surface area contributed by atoms with E-state index in [9.17, 15) is 4.39 Å². The lowest BCUT2D eigenvalue weighted by atomic mass is 9.91. The third kappa shape index (κ3) is 4.44. The molecule has 0 amide bonds. The van der Waals surface area contributed by atoms with Gasteiger partial charge < -0.3 is 10.1 Å². The van der Waals surface area contributed by atoms with Gasteiger partial charge in [-0.05, 0) is 45.4 Å². The Bertz CT molecular complexity index is 389. The molecule has 0 radical (unpaired) electrons. The predicted molar refractivity (Wildman–Crippen MR) is 78.3 cm³/mol. The fourth-order valence-electron chi connectivity index (χ4n) is 1.96. The molecule has 0 aliphatic rings. The van der Waals surface area contributed by atoms with Gasteiger partial charge in [0.05, 0.1) is 5.60 Å². The summed E-state index contributed by atoms with van der Waals surface area (Å²) in [5.74, 6) is -0.261. The number of halogens is 2. The molecular weight excluding hydrogens is 265 g/mol. The summed E-state index contributed by atoms with van der Waals surface area (Å²) in [4.78, 5) is 0. The monoisotopic (exact) mass is 287 g/mol. The molecule has 1 rings (SSSR count). The number of methoxy groups -OCH3 is 1. The number of ether oxygens (including phenoxy) is 1. The summed E-state index contributed by atoms with van der Waals surface area (Å²) < 4.78 is 19.4. The van der Waals surface area contributed by atoms with Crippen LogP contribution in [0.15, 0.2) is 18.2 Å². The first-order valence-corrected chi connectivity index (χ1v) is 7.01. The molecule has 0 heterocycles. The number of hydrogen-bond acceptors (Lipinski definition) is 2. The second-order valence-electron chi connectivity index (χ2n) is 5.22. The van der Waals surface area contributed by atoms with E-state index in [0.717, 1.165) is 13.0 Å². The van der Waals surface area contributed by atoms with Crippen molar-refractivity contribution in [3.8, 4) is 0 Å². The van der Waals surface area contributed by atoms with E-state index >= 15 is 0 Å². The first kappa shape index (κ1) is 16.4. The molecule has 0 aliphatic carbocycles. The minimum absolute atomic E-state index is 0.00634. The molecule has 19 heavy (non-hydrogen) atoms. The van der Waals surface area contributed by atoms with Gasteiger partial charge in [-0.2, -0.15) is 0 Å². The van der Waals surface area contributed by atoms with Gasteiger partial charge in [0.15, 0.2) is 0 Å². The zero-order valence-corrected chi connectivity index (χ0v) is 12.9. The Balaban J connectivity index is 2.94. The van der Waals surface area contributed by atoms with Gasteiger partial charge >= 0.3 is 0 Å². The van der Waals surface area contributed by atoms with Crippen molar-refractivity contribution in [1.29, 1.82) is 0 Å². The lowest BCUT2D eigenvalue weighted by Gasteiger charge is -2.34. The molecule has 0 saturated heterocycles. The van der Waals surface area contributed by atoms with Crippen molar-refractivity contribution in [3.63, 3.8) is 0 Å². The molecule has 0 fully saturated rings. The van der Waals surface area contributed by atoms with Crippen LogP contribution < -0.4 is 5.32 Å². The zero-order valence-electron chi connectivity index (χ0n) is 12.1. The van der Waals surface area contributed by atoms with Gasteiger partial charge in [0, 0.05) is 23.7 Å². The molecule has 0 aromatic heterocycles. The average Bonchev–Trinajstić information content (AvgIpc) is 2.37. The Labute approximate surface area is 120 Å². The minimum Gasteiger partial charge on any atom is -0.377 e. The maximum Gasteiger partial charge on any atom is 0.127 e. The number of hydrogen-bond donors (Lipinski definition) is 1. The highest BCUT2D eigenvalue weighted by Crippen LogP contribution is 2.25. The first-order chi connectivity index (χ1) is 8.92. The fourth-order valence-corrected chi connectivity index (χ4v) is 2.20. The Hall–Kier alpha value is -0.640. The smallest absolute Gasteiger partial charge is 0.127 e. The zero-order chi connectivity index (χ0) is 14.5. The van der Waals surface area contributed by atoms with Crippen LogP contribution in [0.5, 0.6) is 0 Å². The largest absolute Gasteiger partial charge is 0.377 e. The average molecular weight is 288 g/mol. The van der Waals surface area contributed by atoms with Gasteiger partial charge in [-0.1, -0.05) is 24.6 Å². The summed E-state index contributed by atoms with van der Waals surface area (Å²) >= 11 is 6.09. The van der Waals surface area contributed by atoms with E-state index < -0.39 is 0 Å². The third-order valence-corrected chi connectivity index (χ3v) is 3.83. The highest BCUT2D eigenvalue weighted by Gasteiger charge is 2.30. The minimum atomic E-state index is -0.388. The maximum absolute atomic E-state index is 13.9. The molecule has 1 aromatic rings. The molecule has 108 valence electrons. The van der Waals surface area contributed by atoms with Crippen LogP contribution in [0.1, 0.15) is 32.8 Å². The SMILES string of the molecule is CCCNC(Cc1c(F)cccc1Cl)C(C)(C)OC. The van der Waals surface area contributed by atoms with Crippen LogP contribution in [-0.4, -0.2) is 25.3 Å². The Kier molecular flexibility index (Phi) is 6.24. The fraction of sp³-hybridized carbons (Fsp3) is 0.600. The van der Waals surface area contributed by atoms with Crippen LogP contribution in [0.3, 0.4) is 0 Å². The van der Waals surface area contributed by atoms with Crippen molar-refractivity contribution in [1.82, 2.24) is 5.32 Å². The summed E-state index contributed by atoms with van der Waals surface area (Å²) in [6, 6.07) is 4.79. The van der Waals surface area contributed by atoms with Gasteiger partial charge in [0.25, 0.3) is 0 Å². The van der Waals surface area contributed by atoms with E-state index in [-0.39, 0.29) is 17.5 Å². The standard InChI is InChI=1S/C15H23ClFNO/c1-5-9-18-14(15(2,3)19-4)10-11-12(16)7-6-8-13(11)17/h6-8,14,18H,5,9-10H2,1-4H3. The Morgan fingerprint density at radius 1 is 1.42 bits per heavy atom. The molecular formula is C15H23ClFNO. The van der Waals surface area contributed by atoms with Crippen molar-refractivity contribution < 1.29 is 9.13 Å². The molecule has 0 saturated carbocycles. The molecule has 0 bridgehead atoms. The Morgan fingerprint density at radius 2 is 2.11 bits per heavy atom. The normalized spacial score (nSPS) is 13.6. The third-order valence-electron chi connectivity index (χ3n) is 3.48. The molecule has 1 atom stereocenters. The molecule has 4 heteroatoms. The Morgan fingerprint density at radius 3 is 2.63 bits per heavy atom. The topological polar surface area (TPSA) is 21.3 Å². The number of benzene rings is 1. The second kappa shape index (κ2) is 7.22. The van der Waals surface area contributed by atoms with Crippen LogP contribution in [0.4, 0.5) is 4.39 Å². The second-order valence-corrected chi connectivity index (χ2v) is 5.63. The molecule has 0 aliphatic heterocycles. The highest BCUT2D eigenvalue weighted by atomic mass is 35.5. The summed E-state index contributed by atoms with van der Waals surface area (Å²) in [5.41, 5.74) is 0.156. The van der Waals surface area contributed by atoms with Gasteiger partial charge in [-0.3, -0.25) is 0 Å². The van der Waals surface area contributed by atoms with Crippen LogP contribution in [0.25, 0.3) is 0 Å². The van der Waals surface area contributed by atoms with Crippen molar-refractivity contribution in [3.05, 3.63) is 34.6 Å². The van der Waals surface area contributed by atoms with Crippen molar-refractivity contribution in [2.24, 2.45) is 0 Å². The molecule has 2 nitrogen and oxygen atoms in total.